The Morgan fingerprint density at radius 3 is 0.968 bits per heavy atom. The zero-order valence-electron chi connectivity index (χ0n) is 41.4. The van der Waals surface area contributed by atoms with Crippen LogP contribution in [-0.4, -0.2) is 37.2 Å². The Bertz CT molecular complexity index is 1050. The van der Waals surface area contributed by atoms with Crippen molar-refractivity contribution in [3.05, 3.63) is 36.5 Å². The second kappa shape index (κ2) is 51.3. The molecule has 0 aliphatic rings. The van der Waals surface area contributed by atoms with Crippen LogP contribution in [0.15, 0.2) is 36.5 Å². The van der Waals surface area contributed by atoms with Crippen molar-refractivity contribution in [1.29, 1.82) is 0 Å². The molecule has 0 spiro atoms. The van der Waals surface area contributed by atoms with Crippen molar-refractivity contribution in [1.82, 2.24) is 0 Å². The van der Waals surface area contributed by atoms with E-state index in [1.54, 1.807) is 0 Å². The minimum absolute atomic E-state index is 0.0762. The van der Waals surface area contributed by atoms with Gasteiger partial charge in [-0.3, -0.25) is 14.4 Å². The van der Waals surface area contributed by atoms with Crippen LogP contribution in [0.2, 0.25) is 0 Å². The summed E-state index contributed by atoms with van der Waals surface area (Å²) in [7, 11) is 0. The second-order valence-electron chi connectivity index (χ2n) is 18.2. The van der Waals surface area contributed by atoms with Gasteiger partial charge in [0.2, 0.25) is 0 Å². The molecule has 0 aliphatic heterocycles. The lowest BCUT2D eigenvalue weighted by Crippen LogP contribution is -2.30. The lowest BCUT2D eigenvalue weighted by molar-refractivity contribution is -0.167. The number of carbonyl (C=O) groups is 3. The van der Waals surface area contributed by atoms with Gasteiger partial charge in [0.25, 0.3) is 0 Å². The molecule has 0 aromatic rings. The molecule has 6 heteroatoms. The first-order chi connectivity index (χ1) is 30.5. The van der Waals surface area contributed by atoms with E-state index in [2.05, 4.69) is 57.2 Å². The fraction of sp³-hybridized carbons (Fsp3) is 0.839. The number of hydrogen-bond donors (Lipinski definition) is 0. The van der Waals surface area contributed by atoms with E-state index in [9.17, 15) is 14.4 Å². The van der Waals surface area contributed by atoms with E-state index in [1.165, 1.54) is 161 Å². The van der Waals surface area contributed by atoms with Crippen molar-refractivity contribution in [3.63, 3.8) is 0 Å². The van der Waals surface area contributed by atoms with E-state index < -0.39 is 6.10 Å². The first-order valence-electron chi connectivity index (χ1n) is 27.0. The first-order valence-corrected chi connectivity index (χ1v) is 27.0. The summed E-state index contributed by atoms with van der Waals surface area (Å²) in [6.45, 7) is 6.52. The summed E-state index contributed by atoms with van der Waals surface area (Å²) in [4.78, 5) is 38.0. The Hall–Kier alpha value is -2.37. The number of unbranched alkanes of at least 4 members (excludes halogenated alkanes) is 34. The largest absolute Gasteiger partial charge is 0.462 e. The standard InChI is InChI=1S/C56H102O6/c1-4-7-10-13-16-19-22-25-26-27-28-29-32-34-37-40-43-46-49-55(58)61-52-53(62-56(59)50-47-44-41-38-35-31-24-21-18-15-12-9-6-3)51-60-54(57)48-45-42-39-36-33-30-23-20-17-14-11-8-5-2/h9,12,15,18,21,24,53H,4-8,10-11,13-14,16-17,19-20,22-23,25-52H2,1-3H3/b12-9+,18-15+,24-21+. The molecule has 6 nitrogen and oxygen atoms in total. The van der Waals surface area contributed by atoms with E-state index in [0.29, 0.717) is 19.3 Å². The molecule has 1 atom stereocenters. The van der Waals surface area contributed by atoms with Crippen LogP contribution in [0.3, 0.4) is 0 Å². The third-order valence-corrected chi connectivity index (χ3v) is 12.0. The minimum atomic E-state index is -0.777. The Kier molecular flexibility index (Phi) is 49.3. The van der Waals surface area contributed by atoms with E-state index >= 15 is 0 Å². The summed E-state index contributed by atoms with van der Waals surface area (Å²) >= 11 is 0. The predicted molar refractivity (Wildman–Crippen MR) is 266 cm³/mol. The molecule has 0 saturated carbocycles. The van der Waals surface area contributed by atoms with Gasteiger partial charge in [0.1, 0.15) is 13.2 Å². The monoisotopic (exact) mass is 871 g/mol. The highest BCUT2D eigenvalue weighted by atomic mass is 16.6. The molecule has 362 valence electrons. The van der Waals surface area contributed by atoms with Crippen LogP contribution in [0.5, 0.6) is 0 Å². The number of esters is 3. The van der Waals surface area contributed by atoms with Crippen LogP contribution in [0.25, 0.3) is 0 Å². The normalized spacial score (nSPS) is 12.2. The van der Waals surface area contributed by atoms with E-state index in [1.807, 2.05) is 0 Å². The van der Waals surface area contributed by atoms with Crippen LogP contribution in [0.1, 0.15) is 284 Å². The molecule has 1 unspecified atom stereocenters. The summed E-state index contributed by atoms with van der Waals surface area (Å²) < 4.78 is 16.8. The van der Waals surface area contributed by atoms with Gasteiger partial charge in [-0.15, -0.1) is 0 Å². The highest BCUT2D eigenvalue weighted by molar-refractivity contribution is 5.71. The maximum Gasteiger partial charge on any atom is 0.306 e. The van der Waals surface area contributed by atoms with Crippen molar-refractivity contribution in [2.45, 2.75) is 290 Å². The number of ether oxygens (including phenoxy) is 3. The van der Waals surface area contributed by atoms with Crippen molar-refractivity contribution in [2.24, 2.45) is 0 Å². The van der Waals surface area contributed by atoms with Gasteiger partial charge in [0.15, 0.2) is 6.10 Å². The fourth-order valence-electron chi connectivity index (χ4n) is 7.91. The van der Waals surface area contributed by atoms with E-state index in [-0.39, 0.29) is 31.1 Å². The number of carbonyl (C=O) groups excluding carboxylic acids is 3. The highest BCUT2D eigenvalue weighted by Crippen LogP contribution is 2.17. The Morgan fingerprint density at radius 2 is 0.629 bits per heavy atom. The summed E-state index contributed by atoms with van der Waals surface area (Å²) in [5.74, 6) is -0.882. The zero-order chi connectivity index (χ0) is 45.1. The molecule has 0 saturated heterocycles. The van der Waals surface area contributed by atoms with Gasteiger partial charge in [0, 0.05) is 19.3 Å². The molecule has 62 heavy (non-hydrogen) atoms. The van der Waals surface area contributed by atoms with E-state index in [0.717, 1.165) is 83.5 Å². The van der Waals surface area contributed by atoms with Crippen molar-refractivity contribution >= 4 is 17.9 Å². The highest BCUT2D eigenvalue weighted by Gasteiger charge is 2.19. The SMILES string of the molecule is CC/C=C/C=C/C=C/CCCCCCCC(=O)OC(COC(=O)CCCCCCCCCCCCCCC)COC(=O)CCCCCCCCCCCCCCCCCCCC. The van der Waals surface area contributed by atoms with Gasteiger partial charge >= 0.3 is 17.9 Å². The second-order valence-corrected chi connectivity index (χ2v) is 18.2. The molecule has 0 bridgehead atoms. The predicted octanol–water partition coefficient (Wildman–Crippen LogP) is 17.7. The van der Waals surface area contributed by atoms with Crippen molar-refractivity contribution in [3.8, 4) is 0 Å². The number of rotatable bonds is 49. The van der Waals surface area contributed by atoms with Crippen LogP contribution in [0.4, 0.5) is 0 Å². The molecular weight excluding hydrogens is 769 g/mol. The van der Waals surface area contributed by atoms with Crippen molar-refractivity contribution < 1.29 is 28.6 Å². The maximum absolute atomic E-state index is 12.8. The molecule has 0 amide bonds. The maximum atomic E-state index is 12.8. The van der Waals surface area contributed by atoms with Gasteiger partial charge in [-0.1, -0.05) is 263 Å². The summed E-state index contributed by atoms with van der Waals surface area (Å²) in [5.41, 5.74) is 0. The molecule has 0 rings (SSSR count). The summed E-state index contributed by atoms with van der Waals surface area (Å²) in [5, 5.41) is 0. The van der Waals surface area contributed by atoms with Gasteiger partial charge in [-0.05, 0) is 38.5 Å². The summed E-state index contributed by atoms with van der Waals surface area (Å²) in [6.07, 6.45) is 59.9. The Balaban J connectivity index is 4.32. The number of hydrogen-bond acceptors (Lipinski definition) is 6. The molecule has 0 aliphatic carbocycles. The van der Waals surface area contributed by atoms with Gasteiger partial charge in [0.05, 0.1) is 0 Å². The molecule has 0 radical (unpaired) electrons. The van der Waals surface area contributed by atoms with Crippen molar-refractivity contribution in [2.75, 3.05) is 13.2 Å². The van der Waals surface area contributed by atoms with Crippen LogP contribution in [0, 0.1) is 0 Å². The van der Waals surface area contributed by atoms with Gasteiger partial charge in [-0.2, -0.15) is 0 Å². The third-order valence-electron chi connectivity index (χ3n) is 12.0. The zero-order valence-corrected chi connectivity index (χ0v) is 41.4. The quantitative estimate of drug-likeness (QED) is 0.0262. The molecule has 0 N–H and O–H groups in total. The molecule has 0 heterocycles. The lowest BCUT2D eigenvalue weighted by Gasteiger charge is -2.18. The molecule has 0 aromatic carbocycles. The van der Waals surface area contributed by atoms with Crippen LogP contribution < -0.4 is 0 Å². The topological polar surface area (TPSA) is 78.9 Å². The smallest absolute Gasteiger partial charge is 0.306 e. The third kappa shape index (κ3) is 48.7. The van der Waals surface area contributed by atoms with Crippen LogP contribution >= 0.6 is 0 Å². The summed E-state index contributed by atoms with van der Waals surface area (Å²) in [6, 6.07) is 0. The Morgan fingerprint density at radius 1 is 0.339 bits per heavy atom. The minimum Gasteiger partial charge on any atom is -0.462 e. The number of allylic oxidation sites excluding steroid dienone is 6. The molecule has 0 aromatic heterocycles. The van der Waals surface area contributed by atoms with Gasteiger partial charge < -0.3 is 14.2 Å². The average Bonchev–Trinajstić information content (AvgIpc) is 3.27. The van der Waals surface area contributed by atoms with Gasteiger partial charge in [-0.25, -0.2) is 0 Å². The van der Waals surface area contributed by atoms with E-state index in [4.69, 9.17) is 14.2 Å². The average molecular weight is 871 g/mol. The molecular formula is C56H102O6. The van der Waals surface area contributed by atoms with Crippen LogP contribution in [-0.2, 0) is 28.6 Å². The molecule has 0 fully saturated rings. The lowest BCUT2D eigenvalue weighted by atomic mass is 10.0. The first kappa shape index (κ1) is 59.6. The fourth-order valence-corrected chi connectivity index (χ4v) is 7.91. The Labute approximate surface area is 385 Å².